The first-order valence-corrected chi connectivity index (χ1v) is 3.06. The standard InChI is InChI=1S/C3H7B5O/c1-2-3-9-8-7-6-5-4/h2-3H2,1H3. The maximum atomic E-state index is 5.06. The van der Waals surface area contributed by atoms with Crippen LogP contribution in [0.15, 0.2) is 0 Å². The van der Waals surface area contributed by atoms with Gasteiger partial charge in [0.15, 0.2) is 0 Å². The SMILES string of the molecule is [B]B=BB=BOCCC. The topological polar surface area (TPSA) is 9.23 Å². The van der Waals surface area contributed by atoms with Crippen LogP contribution in [0, 0.1) is 0 Å². The third-order valence-corrected chi connectivity index (χ3v) is 0.719. The van der Waals surface area contributed by atoms with Crippen LogP contribution in [0.3, 0.4) is 0 Å². The third-order valence-electron chi connectivity index (χ3n) is 0.719. The van der Waals surface area contributed by atoms with Crippen molar-refractivity contribution in [2.75, 3.05) is 6.61 Å². The minimum atomic E-state index is 0.773. The molecule has 0 atom stereocenters. The van der Waals surface area contributed by atoms with E-state index in [2.05, 4.69) is 6.92 Å². The number of hydrogen-bond acceptors (Lipinski definition) is 1. The van der Waals surface area contributed by atoms with Gasteiger partial charge in [0.2, 0.25) is 0 Å². The molecule has 0 spiro atoms. The molecule has 0 rings (SSSR count). The number of hydrogen-bond donors (Lipinski definition) is 0. The fourth-order valence-electron chi connectivity index (χ4n) is 0.351. The van der Waals surface area contributed by atoms with Gasteiger partial charge in [-0.3, -0.25) is 0 Å². The van der Waals surface area contributed by atoms with Crippen molar-refractivity contribution >= 4 is 34.8 Å². The van der Waals surface area contributed by atoms with Crippen LogP contribution in [-0.4, -0.2) is 41.4 Å². The van der Waals surface area contributed by atoms with Gasteiger partial charge < -0.3 is 0 Å². The fraction of sp³-hybridized carbons (Fsp3) is 1.00. The molecule has 0 amide bonds. The number of rotatable bonds is 4. The summed E-state index contributed by atoms with van der Waals surface area (Å²) in [5.74, 6) is 0. The van der Waals surface area contributed by atoms with Crippen molar-refractivity contribution in [3.63, 3.8) is 0 Å². The molecule has 0 aromatic heterocycles. The van der Waals surface area contributed by atoms with E-state index in [4.69, 9.17) is 12.4 Å². The second-order valence-electron chi connectivity index (χ2n) is 1.58. The van der Waals surface area contributed by atoms with Gasteiger partial charge in [0.05, 0.1) is 0 Å². The predicted octanol–water partition coefficient (Wildman–Crippen LogP) is -1.03. The van der Waals surface area contributed by atoms with Crippen molar-refractivity contribution in [1.82, 2.24) is 0 Å². The Morgan fingerprint density at radius 2 is 2.22 bits per heavy atom. The molecule has 0 N–H and O–H groups in total. The van der Waals surface area contributed by atoms with Gasteiger partial charge in [-0.25, -0.2) is 0 Å². The molecule has 0 aliphatic heterocycles. The van der Waals surface area contributed by atoms with E-state index in [0.717, 1.165) is 13.0 Å². The Labute approximate surface area is 60.2 Å². The summed E-state index contributed by atoms with van der Waals surface area (Å²) >= 11 is 0. The van der Waals surface area contributed by atoms with Gasteiger partial charge in [0.25, 0.3) is 0 Å². The van der Waals surface area contributed by atoms with Crippen LogP contribution >= 0.6 is 0 Å². The van der Waals surface area contributed by atoms with E-state index in [0.29, 0.717) is 0 Å². The van der Waals surface area contributed by atoms with Crippen LogP contribution in [0.5, 0.6) is 0 Å². The molecule has 0 saturated carbocycles. The zero-order valence-corrected chi connectivity index (χ0v) is 5.71. The van der Waals surface area contributed by atoms with Crippen molar-refractivity contribution in [3.05, 3.63) is 0 Å². The first-order chi connectivity index (χ1) is 4.41. The van der Waals surface area contributed by atoms with Crippen molar-refractivity contribution < 1.29 is 4.65 Å². The first kappa shape index (κ1) is 9.12. The van der Waals surface area contributed by atoms with E-state index >= 15 is 0 Å². The normalized spacial score (nSPS) is 7.67. The average Bonchev–Trinajstić information content (AvgIpc) is 1.89. The Balaban J connectivity index is 3.04. The summed E-state index contributed by atoms with van der Waals surface area (Å²) in [7, 11) is 6.69. The maximum absolute atomic E-state index is 5.06. The molecule has 0 aromatic carbocycles. The Morgan fingerprint density at radius 3 is 2.78 bits per heavy atom. The molecule has 0 aromatic rings. The van der Waals surface area contributed by atoms with Crippen molar-refractivity contribution in [3.8, 4) is 0 Å². The molecular weight excluding hydrogens is 106 g/mol. The van der Waals surface area contributed by atoms with E-state index in [1.807, 2.05) is 0 Å². The van der Waals surface area contributed by atoms with Gasteiger partial charge >= 0.3 is 59.4 Å². The van der Waals surface area contributed by atoms with E-state index < -0.39 is 0 Å². The van der Waals surface area contributed by atoms with Crippen LogP contribution in [0.25, 0.3) is 0 Å². The van der Waals surface area contributed by atoms with Gasteiger partial charge in [0.1, 0.15) is 0 Å². The molecular formula is C3H7B5O. The van der Waals surface area contributed by atoms with Crippen LogP contribution < -0.4 is 0 Å². The first-order valence-electron chi connectivity index (χ1n) is 3.06. The molecule has 0 fully saturated rings. The van der Waals surface area contributed by atoms with E-state index in [9.17, 15) is 0 Å². The Morgan fingerprint density at radius 1 is 1.44 bits per heavy atom. The van der Waals surface area contributed by atoms with E-state index in [-0.39, 0.29) is 0 Å². The molecule has 9 heavy (non-hydrogen) atoms. The third kappa shape index (κ3) is 8.12. The van der Waals surface area contributed by atoms with E-state index in [1.54, 1.807) is 20.4 Å². The molecule has 6 heteroatoms. The van der Waals surface area contributed by atoms with Gasteiger partial charge in [-0.1, -0.05) is 0 Å². The average molecular weight is 113 g/mol. The molecule has 40 valence electrons. The summed E-state index contributed by atoms with van der Waals surface area (Å²) in [4.78, 5) is 0. The van der Waals surface area contributed by atoms with E-state index in [1.165, 1.54) is 6.69 Å². The van der Waals surface area contributed by atoms with Gasteiger partial charge in [-0.15, -0.1) is 0 Å². The van der Waals surface area contributed by atoms with Gasteiger partial charge in [-0.05, 0) is 0 Å². The summed E-state index contributed by atoms with van der Waals surface area (Å²) in [6.45, 7) is 7.78. The molecule has 2 radical (unpaired) electrons. The fourth-order valence-corrected chi connectivity index (χ4v) is 0.351. The molecule has 0 bridgehead atoms. The zero-order chi connectivity index (χ0) is 6.95. The van der Waals surface area contributed by atoms with Crippen LogP contribution in [0.4, 0.5) is 0 Å². The zero-order valence-electron chi connectivity index (χ0n) is 5.71. The van der Waals surface area contributed by atoms with Crippen LogP contribution in [-0.2, 0) is 4.65 Å². The quantitative estimate of drug-likeness (QED) is 0.335. The van der Waals surface area contributed by atoms with Crippen molar-refractivity contribution in [2.45, 2.75) is 13.3 Å². The predicted molar refractivity (Wildman–Crippen MR) is 45.0 cm³/mol. The molecule has 0 saturated heterocycles. The molecule has 0 aliphatic rings. The minimum absolute atomic E-state index is 0.773. The Hall–Kier alpha value is 0.125. The summed E-state index contributed by atoms with van der Waals surface area (Å²) in [5.41, 5.74) is 0. The monoisotopic (exact) mass is 114 g/mol. The van der Waals surface area contributed by atoms with Crippen molar-refractivity contribution in [1.29, 1.82) is 0 Å². The molecule has 0 heterocycles. The summed E-state index contributed by atoms with van der Waals surface area (Å²) in [6, 6.07) is 0. The van der Waals surface area contributed by atoms with Crippen LogP contribution in [0.2, 0.25) is 0 Å². The van der Waals surface area contributed by atoms with Gasteiger partial charge in [0, 0.05) is 0 Å². The Bertz CT molecular complexity index is 100. The Kier molecular flexibility index (Phi) is 8.24. The second kappa shape index (κ2) is 8.12. The summed E-state index contributed by atoms with van der Waals surface area (Å²) in [5, 5.41) is 0. The van der Waals surface area contributed by atoms with Crippen molar-refractivity contribution in [2.24, 2.45) is 0 Å². The summed E-state index contributed by atoms with van der Waals surface area (Å²) in [6.07, 6.45) is 1.04. The molecule has 0 aliphatic carbocycles. The molecule has 1 nitrogen and oxygen atoms in total. The summed E-state index contributed by atoms with van der Waals surface area (Å²) < 4.78 is 5.00. The second-order valence-corrected chi connectivity index (χ2v) is 1.58. The van der Waals surface area contributed by atoms with Crippen LogP contribution in [0.1, 0.15) is 13.3 Å². The molecule has 0 unspecified atom stereocenters. The van der Waals surface area contributed by atoms with Gasteiger partial charge in [-0.2, -0.15) is 0 Å².